The Bertz CT molecular complexity index is 269. The molecule has 2 unspecified atom stereocenters. The Balaban J connectivity index is 0.000000980. The molecular weight excluding hydrogens is 233 g/mol. The van der Waals surface area contributed by atoms with Gasteiger partial charge in [-0.05, 0) is 0 Å². The molecule has 0 amide bonds. The van der Waals surface area contributed by atoms with Crippen LogP contribution >= 0.6 is 0 Å². The van der Waals surface area contributed by atoms with Gasteiger partial charge in [0.05, 0.1) is 6.61 Å². The Labute approximate surface area is 120 Å². The third kappa shape index (κ3) is 1.08. The predicted octanol–water partition coefficient (Wildman–Crippen LogP) is -0.736. The molecule has 0 aromatic carbocycles. The molecule has 1 heterocycles. The third-order valence-corrected chi connectivity index (χ3v) is 3.45. The smallest absolute Gasteiger partial charge is 0.448 e. The summed E-state index contributed by atoms with van der Waals surface area (Å²) in [6, 6.07) is 0. The molecule has 0 radical (unpaired) electrons. The van der Waals surface area contributed by atoms with E-state index in [1.54, 1.807) is 0 Å². The first-order valence-electron chi connectivity index (χ1n) is 3.86. The Morgan fingerprint density at radius 3 is 1.86 bits per heavy atom. The van der Waals surface area contributed by atoms with Gasteiger partial charge in [-0.15, -0.1) is 0 Å². The van der Waals surface area contributed by atoms with Crippen molar-refractivity contribution in [3.05, 3.63) is 0 Å². The second kappa shape index (κ2) is 3.16. The van der Waals surface area contributed by atoms with Crippen LogP contribution in [0.1, 0.15) is 6.92 Å². The van der Waals surface area contributed by atoms with Gasteiger partial charge in [0.15, 0.2) is 0 Å². The van der Waals surface area contributed by atoms with Crippen LogP contribution in [-0.2, 0) is 4.74 Å². The van der Waals surface area contributed by atoms with Crippen LogP contribution in [0, 0.1) is 5.41 Å². The summed E-state index contributed by atoms with van der Waals surface area (Å²) in [5.74, 6) is -3.64. The van der Waals surface area contributed by atoms with E-state index in [9.17, 15) is 21.7 Å². The number of ether oxygens (including phenoxy) is 1. The molecule has 0 spiro atoms. The third-order valence-electron chi connectivity index (χ3n) is 3.45. The summed E-state index contributed by atoms with van der Waals surface area (Å²) in [4.78, 5) is 0. The standard InChI is InChI=1S/C6H7BF5O.K/c1-4-2-13-3-5(4,6(4,8)9)7(10,11)12;/h2-3H2,1H3;/q-1;+1. The van der Waals surface area contributed by atoms with E-state index >= 15 is 0 Å². The van der Waals surface area contributed by atoms with Gasteiger partial charge in [-0.1, -0.05) is 6.92 Å². The van der Waals surface area contributed by atoms with Crippen molar-refractivity contribution in [3.63, 3.8) is 0 Å². The minimum Gasteiger partial charge on any atom is -0.448 e. The Kier molecular flexibility index (Phi) is 3.02. The first-order valence-corrected chi connectivity index (χ1v) is 3.86. The second-order valence-electron chi connectivity index (χ2n) is 3.95. The zero-order chi connectivity index (χ0) is 10.1. The molecule has 2 aliphatic rings. The Hall–Kier alpha value is 1.31. The molecular formula is C6H7BF5KO. The second-order valence-corrected chi connectivity index (χ2v) is 3.95. The normalized spacial score (nSPS) is 44.1. The van der Waals surface area contributed by atoms with E-state index in [0.29, 0.717) is 0 Å². The molecule has 0 aromatic heterocycles. The van der Waals surface area contributed by atoms with Crippen molar-refractivity contribution in [2.75, 3.05) is 13.2 Å². The fraction of sp³-hybridized carbons (Fsp3) is 1.00. The summed E-state index contributed by atoms with van der Waals surface area (Å²) in [6.07, 6.45) is 0. The van der Waals surface area contributed by atoms with Gasteiger partial charge in [0.25, 0.3) is 0 Å². The van der Waals surface area contributed by atoms with Crippen molar-refractivity contribution in [3.8, 4) is 0 Å². The topological polar surface area (TPSA) is 9.23 Å². The van der Waals surface area contributed by atoms with Gasteiger partial charge in [-0.2, -0.15) is 0 Å². The summed E-state index contributed by atoms with van der Waals surface area (Å²) in [5, 5.41) is -2.86. The van der Waals surface area contributed by atoms with Crippen LogP contribution in [0.2, 0.25) is 5.31 Å². The van der Waals surface area contributed by atoms with Crippen LogP contribution in [0.15, 0.2) is 0 Å². The molecule has 1 saturated heterocycles. The molecule has 14 heavy (non-hydrogen) atoms. The molecule has 1 aliphatic heterocycles. The van der Waals surface area contributed by atoms with Gasteiger partial charge in [0, 0.05) is 17.3 Å². The summed E-state index contributed by atoms with van der Waals surface area (Å²) < 4.78 is 67.8. The molecule has 1 saturated carbocycles. The van der Waals surface area contributed by atoms with E-state index in [1.165, 1.54) is 0 Å². The monoisotopic (exact) mass is 240 g/mol. The molecule has 2 atom stereocenters. The Morgan fingerprint density at radius 2 is 1.64 bits per heavy atom. The van der Waals surface area contributed by atoms with Gasteiger partial charge in [0.2, 0.25) is 5.92 Å². The fourth-order valence-electron chi connectivity index (χ4n) is 2.34. The summed E-state index contributed by atoms with van der Waals surface area (Å²) in [6.45, 7) is -6.00. The number of alkyl halides is 2. The van der Waals surface area contributed by atoms with Crippen LogP contribution in [-0.4, -0.2) is 26.1 Å². The molecule has 2 fully saturated rings. The molecule has 0 bridgehead atoms. The first kappa shape index (κ1) is 13.4. The number of halogens is 5. The van der Waals surface area contributed by atoms with E-state index < -0.39 is 36.8 Å². The number of fused-ring (bicyclic) bond motifs is 1. The molecule has 1 aliphatic carbocycles. The van der Waals surface area contributed by atoms with Crippen molar-refractivity contribution < 1.29 is 77.8 Å². The van der Waals surface area contributed by atoms with Crippen LogP contribution in [0.4, 0.5) is 21.7 Å². The molecule has 0 N–H and O–H groups in total. The van der Waals surface area contributed by atoms with Crippen molar-refractivity contribution in [1.82, 2.24) is 0 Å². The molecule has 0 aromatic rings. The van der Waals surface area contributed by atoms with Crippen molar-refractivity contribution in [2.24, 2.45) is 5.41 Å². The van der Waals surface area contributed by atoms with Crippen molar-refractivity contribution in [2.45, 2.75) is 18.2 Å². The zero-order valence-corrected chi connectivity index (χ0v) is 10.9. The minimum atomic E-state index is -5.55. The van der Waals surface area contributed by atoms with E-state index in [1.807, 2.05) is 0 Å². The Morgan fingerprint density at radius 1 is 1.14 bits per heavy atom. The van der Waals surface area contributed by atoms with Gasteiger partial charge in [0.1, 0.15) is 0 Å². The van der Waals surface area contributed by atoms with Crippen LogP contribution in [0.25, 0.3) is 0 Å². The van der Waals surface area contributed by atoms with Gasteiger partial charge in [-0.3, -0.25) is 0 Å². The molecule has 1 nitrogen and oxygen atoms in total. The SMILES string of the molecule is CC12COCC1([B-](F)(F)F)C2(F)F.[K+]. The maximum Gasteiger partial charge on any atom is 1.00 e. The van der Waals surface area contributed by atoms with Crippen molar-refractivity contribution >= 4 is 6.98 Å². The summed E-state index contributed by atoms with van der Waals surface area (Å²) in [5.41, 5.74) is -2.02. The zero-order valence-electron chi connectivity index (χ0n) is 7.79. The largest absolute Gasteiger partial charge is 1.00 e. The fourth-order valence-corrected chi connectivity index (χ4v) is 2.34. The maximum absolute atomic E-state index is 13.0. The minimum absolute atomic E-state index is 0. The number of hydrogen-bond donors (Lipinski definition) is 0. The maximum atomic E-state index is 13.0. The number of rotatable bonds is 1. The summed E-state index contributed by atoms with van der Waals surface area (Å²) >= 11 is 0. The quantitative estimate of drug-likeness (QED) is 0.433. The number of hydrogen-bond acceptors (Lipinski definition) is 1. The van der Waals surface area contributed by atoms with E-state index in [2.05, 4.69) is 4.74 Å². The molecule has 2 rings (SSSR count). The first-order chi connectivity index (χ1) is 5.71. The van der Waals surface area contributed by atoms with Gasteiger partial charge in [-0.25, -0.2) is 8.78 Å². The molecule has 76 valence electrons. The van der Waals surface area contributed by atoms with Gasteiger partial charge < -0.3 is 17.7 Å². The van der Waals surface area contributed by atoms with Crippen LogP contribution in [0.5, 0.6) is 0 Å². The molecule has 8 heteroatoms. The average molecular weight is 240 g/mol. The van der Waals surface area contributed by atoms with E-state index in [4.69, 9.17) is 0 Å². The van der Waals surface area contributed by atoms with E-state index in [0.717, 1.165) is 6.92 Å². The van der Waals surface area contributed by atoms with Crippen LogP contribution in [0.3, 0.4) is 0 Å². The van der Waals surface area contributed by atoms with Gasteiger partial charge >= 0.3 is 58.4 Å². The average Bonchev–Trinajstić information content (AvgIpc) is 2.27. The summed E-state index contributed by atoms with van der Waals surface area (Å²) in [7, 11) is 0. The van der Waals surface area contributed by atoms with E-state index in [-0.39, 0.29) is 51.4 Å². The van der Waals surface area contributed by atoms with Crippen molar-refractivity contribution in [1.29, 1.82) is 0 Å². The van der Waals surface area contributed by atoms with Crippen LogP contribution < -0.4 is 51.4 Å². The predicted molar refractivity (Wildman–Crippen MR) is 35.6 cm³/mol.